The summed E-state index contributed by atoms with van der Waals surface area (Å²) in [6.07, 6.45) is 16.1. The van der Waals surface area contributed by atoms with Crippen LogP contribution < -0.4 is 0 Å². The number of rotatable bonds is 0. The van der Waals surface area contributed by atoms with Gasteiger partial charge in [-0.05, 0) is 79.3 Å². The van der Waals surface area contributed by atoms with Gasteiger partial charge in [-0.3, -0.25) is 0 Å². The third kappa shape index (κ3) is 1.47. The van der Waals surface area contributed by atoms with Crippen molar-refractivity contribution in [3.8, 4) is 0 Å². The Kier molecular flexibility index (Phi) is 2.22. The number of alkyl halides is 1. The van der Waals surface area contributed by atoms with Gasteiger partial charge in [0.05, 0.1) is 4.87 Å². The van der Waals surface area contributed by atoms with Gasteiger partial charge in [-0.25, -0.2) is 0 Å². The molecule has 5 aliphatic rings. The maximum absolute atomic E-state index is 7.10. The van der Waals surface area contributed by atoms with Crippen molar-refractivity contribution < 1.29 is 0 Å². The van der Waals surface area contributed by atoms with E-state index in [1.54, 1.807) is 11.1 Å². The Hall–Kier alpha value is -0.230. The molecule has 0 aromatic heterocycles. The van der Waals surface area contributed by atoms with Gasteiger partial charge in [0, 0.05) is 0 Å². The Labute approximate surface area is 121 Å². The van der Waals surface area contributed by atoms with E-state index in [0.29, 0.717) is 0 Å². The molecule has 5 aliphatic carbocycles. The van der Waals surface area contributed by atoms with Crippen LogP contribution in [0.15, 0.2) is 23.3 Å². The van der Waals surface area contributed by atoms with E-state index >= 15 is 0 Å². The van der Waals surface area contributed by atoms with E-state index in [-0.39, 0.29) is 4.87 Å². The van der Waals surface area contributed by atoms with Crippen LogP contribution in [0.1, 0.15) is 51.4 Å². The number of halogens is 1. The first-order chi connectivity index (χ1) is 9.29. The third-order valence-electron chi connectivity index (χ3n) is 6.74. The molecule has 102 valence electrons. The molecule has 0 bridgehead atoms. The van der Waals surface area contributed by atoms with Gasteiger partial charge in [0.1, 0.15) is 0 Å². The highest BCUT2D eigenvalue weighted by Gasteiger charge is 2.71. The minimum absolute atomic E-state index is 0.120. The first-order valence-corrected chi connectivity index (χ1v) is 8.77. The maximum Gasteiger partial charge on any atom is 0.0698 e. The third-order valence-corrected chi connectivity index (χ3v) is 7.37. The molecule has 3 saturated carbocycles. The molecule has 6 atom stereocenters. The average molecular weight is 275 g/mol. The van der Waals surface area contributed by atoms with Crippen molar-refractivity contribution in [2.24, 2.45) is 29.6 Å². The van der Waals surface area contributed by atoms with E-state index in [4.69, 9.17) is 11.6 Å². The first-order valence-electron chi connectivity index (χ1n) is 8.39. The predicted molar refractivity (Wildman–Crippen MR) is 79.1 cm³/mol. The van der Waals surface area contributed by atoms with Crippen molar-refractivity contribution in [2.75, 3.05) is 0 Å². The number of allylic oxidation sites excluding steroid dienone is 4. The molecule has 1 heteroatoms. The second-order valence-electron chi connectivity index (χ2n) is 7.67. The molecule has 0 spiro atoms. The van der Waals surface area contributed by atoms with Crippen molar-refractivity contribution in [2.45, 2.75) is 56.2 Å². The van der Waals surface area contributed by atoms with Crippen LogP contribution in [-0.4, -0.2) is 4.87 Å². The lowest BCUT2D eigenvalue weighted by Gasteiger charge is -2.37. The van der Waals surface area contributed by atoms with Gasteiger partial charge in [-0.1, -0.05) is 25.0 Å². The fourth-order valence-electron chi connectivity index (χ4n) is 5.72. The van der Waals surface area contributed by atoms with Crippen LogP contribution >= 0.6 is 11.6 Å². The van der Waals surface area contributed by atoms with E-state index in [0.717, 1.165) is 29.6 Å². The number of hydrogen-bond donors (Lipinski definition) is 0. The second-order valence-corrected chi connectivity index (χ2v) is 8.35. The first kappa shape index (κ1) is 11.4. The quantitative estimate of drug-likeness (QED) is 0.540. The zero-order valence-electron chi connectivity index (χ0n) is 11.6. The summed E-state index contributed by atoms with van der Waals surface area (Å²) in [5, 5.41) is 0. The summed E-state index contributed by atoms with van der Waals surface area (Å²) >= 11 is 7.10. The molecule has 0 aliphatic heterocycles. The SMILES string of the molecule is ClC12CC1C1CC1C1CCCCC3CCC=CC3=C12. The monoisotopic (exact) mass is 274 g/mol. The summed E-state index contributed by atoms with van der Waals surface area (Å²) in [6, 6.07) is 0. The van der Waals surface area contributed by atoms with Crippen molar-refractivity contribution in [1.82, 2.24) is 0 Å². The Balaban J connectivity index is 1.68. The summed E-state index contributed by atoms with van der Waals surface area (Å²) < 4.78 is 0. The van der Waals surface area contributed by atoms with Crippen LogP contribution in [0.2, 0.25) is 0 Å². The lowest BCUT2D eigenvalue weighted by molar-refractivity contribution is 0.349. The molecule has 0 aromatic rings. The molecule has 0 aromatic carbocycles. The standard InChI is InChI=1S/C18H23Cl/c19-18-10-16(18)15-9-14(15)13-8-4-2-6-11-5-1-3-7-12(11)17(13)18/h3,7,11,13-16H,1-2,4-6,8-10H2. The zero-order valence-corrected chi connectivity index (χ0v) is 12.3. The molecule has 6 unspecified atom stereocenters. The van der Waals surface area contributed by atoms with Gasteiger partial charge in [0.15, 0.2) is 0 Å². The molecule has 0 N–H and O–H groups in total. The molecule has 0 heterocycles. The van der Waals surface area contributed by atoms with E-state index in [1.807, 2.05) is 0 Å². The molecule has 0 nitrogen and oxygen atoms in total. The summed E-state index contributed by atoms with van der Waals surface area (Å²) in [5.41, 5.74) is 3.46. The summed E-state index contributed by atoms with van der Waals surface area (Å²) in [6.45, 7) is 0. The van der Waals surface area contributed by atoms with Gasteiger partial charge in [-0.2, -0.15) is 0 Å². The minimum Gasteiger partial charge on any atom is -0.114 e. The lowest BCUT2D eigenvalue weighted by Crippen LogP contribution is -2.29. The van der Waals surface area contributed by atoms with Crippen LogP contribution in [0.3, 0.4) is 0 Å². The average Bonchev–Trinajstić information content (AvgIpc) is 3.25. The van der Waals surface area contributed by atoms with Crippen LogP contribution in [0, 0.1) is 29.6 Å². The number of hydrogen-bond acceptors (Lipinski definition) is 0. The highest BCUT2D eigenvalue weighted by Crippen LogP contribution is 2.75. The Morgan fingerprint density at radius 3 is 2.95 bits per heavy atom. The van der Waals surface area contributed by atoms with Gasteiger partial charge in [0.2, 0.25) is 0 Å². The smallest absolute Gasteiger partial charge is 0.0698 e. The molecule has 0 amide bonds. The molecule has 0 saturated heterocycles. The van der Waals surface area contributed by atoms with Gasteiger partial charge < -0.3 is 0 Å². The highest BCUT2D eigenvalue weighted by atomic mass is 35.5. The Morgan fingerprint density at radius 1 is 1.11 bits per heavy atom. The minimum atomic E-state index is 0.120. The van der Waals surface area contributed by atoms with Crippen LogP contribution in [-0.2, 0) is 0 Å². The van der Waals surface area contributed by atoms with Crippen molar-refractivity contribution in [3.63, 3.8) is 0 Å². The normalized spacial score (nSPS) is 54.3. The zero-order chi connectivity index (χ0) is 12.6. The second kappa shape index (κ2) is 3.70. The topological polar surface area (TPSA) is 0 Å². The summed E-state index contributed by atoms with van der Waals surface area (Å²) in [4.78, 5) is 0.120. The van der Waals surface area contributed by atoms with Crippen LogP contribution in [0.25, 0.3) is 0 Å². The van der Waals surface area contributed by atoms with Gasteiger partial charge in [-0.15, -0.1) is 11.6 Å². The molecule has 3 fully saturated rings. The molecule has 19 heavy (non-hydrogen) atoms. The van der Waals surface area contributed by atoms with Crippen LogP contribution in [0.4, 0.5) is 0 Å². The van der Waals surface area contributed by atoms with Crippen molar-refractivity contribution in [3.05, 3.63) is 23.3 Å². The fraction of sp³-hybridized carbons (Fsp3) is 0.778. The van der Waals surface area contributed by atoms with Crippen LogP contribution in [0.5, 0.6) is 0 Å². The molecular weight excluding hydrogens is 252 g/mol. The number of fused-ring (bicyclic) bond motifs is 7. The predicted octanol–water partition coefficient (Wildman–Crippen LogP) is 5.09. The largest absolute Gasteiger partial charge is 0.114 e. The van der Waals surface area contributed by atoms with Crippen molar-refractivity contribution >= 4 is 11.6 Å². The van der Waals surface area contributed by atoms with Gasteiger partial charge >= 0.3 is 0 Å². The molecule has 5 rings (SSSR count). The van der Waals surface area contributed by atoms with Gasteiger partial charge in [0.25, 0.3) is 0 Å². The summed E-state index contributed by atoms with van der Waals surface area (Å²) in [5.74, 6) is 4.60. The Morgan fingerprint density at radius 2 is 2.00 bits per heavy atom. The summed E-state index contributed by atoms with van der Waals surface area (Å²) in [7, 11) is 0. The molecule has 0 radical (unpaired) electrons. The fourth-order valence-corrected chi connectivity index (χ4v) is 6.30. The molecular formula is C18H23Cl. The van der Waals surface area contributed by atoms with E-state index < -0.39 is 0 Å². The van der Waals surface area contributed by atoms with E-state index in [2.05, 4.69) is 12.2 Å². The van der Waals surface area contributed by atoms with Crippen molar-refractivity contribution in [1.29, 1.82) is 0 Å². The van der Waals surface area contributed by atoms with E-state index in [9.17, 15) is 0 Å². The maximum atomic E-state index is 7.10. The lowest BCUT2D eigenvalue weighted by atomic mass is 9.71. The Bertz CT molecular complexity index is 488. The van der Waals surface area contributed by atoms with E-state index in [1.165, 1.54) is 51.4 Å². The highest BCUT2D eigenvalue weighted by molar-refractivity contribution is 6.28.